The van der Waals surface area contributed by atoms with E-state index in [0.717, 1.165) is 36.4 Å². The van der Waals surface area contributed by atoms with Crippen LogP contribution in [0.1, 0.15) is 24.4 Å². The zero-order valence-electron chi connectivity index (χ0n) is 10.5. The number of hydrogen-bond acceptors (Lipinski definition) is 4. The minimum atomic E-state index is -0.260. The van der Waals surface area contributed by atoms with Crippen molar-refractivity contribution in [2.45, 2.75) is 18.9 Å². The topological polar surface area (TPSA) is 76.4 Å². The predicted octanol–water partition coefficient (Wildman–Crippen LogP) is 1.02. The summed E-state index contributed by atoms with van der Waals surface area (Å²) in [5, 5.41) is 6.11. The number of ether oxygens (including phenoxy) is 1. The number of rotatable bonds is 6. The number of fused-ring (bicyclic) bond motifs is 1. The molecular formula is C13H19N3O2. The van der Waals surface area contributed by atoms with Crippen molar-refractivity contribution in [2.24, 2.45) is 5.73 Å². The van der Waals surface area contributed by atoms with Crippen LogP contribution >= 0.6 is 0 Å². The van der Waals surface area contributed by atoms with E-state index in [1.165, 1.54) is 0 Å². The number of unbranched alkanes of at least 4 members (excludes halogenated alkanes) is 1. The van der Waals surface area contributed by atoms with Crippen LogP contribution in [0.3, 0.4) is 0 Å². The Morgan fingerprint density at radius 2 is 2.28 bits per heavy atom. The van der Waals surface area contributed by atoms with E-state index in [9.17, 15) is 4.79 Å². The molecule has 1 heterocycles. The Morgan fingerprint density at radius 1 is 1.44 bits per heavy atom. The second kappa shape index (κ2) is 5.84. The SMILES string of the molecule is COc1ccc2c(c1)NC(=O)C2NCCCCN. The maximum Gasteiger partial charge on any atom is 0.246 e. The second-order valence-corrected chi connectivity index (χ2v) is 4.33. The van der Waals surface area contributed by atoms with Crippen LogP contribution in [-0.2, 0) is 4.79 Å². The van der Waals surface area contributed by atoms with E-state index in [-0.39, 0.29) is 11.9 Å². The van der Waals surface area contributed by atoms with Gasteiger partial charge in [-0.2, -0.15) is 0 Å². The molecule has 1 unspecified atom stereocenters. The highest BCUT2D eigenvalue weighted by molar-refractivity contribution is 6.02. The second-order valence-electron chi connectivity index (χ2n) is 4.33. The van der Waals surface area contributed by atoms with Gasteiger partial charge in [0.25, 0.3) is 0 Å². The molecular weight excluding hydrogens is 230 g/mol. The smallest absolute Gasteiger partial charge is 0.246 e. The third-order valence-electron chi connectivity index (χ3n) is 3.07. The summed E-state index contributed by atoms with van der Waals surface area (Å²) in [6, 6.07) is 5.37. The number of benzene rings is 1. The summed E-state index contributed by atoms with van der Waals surface area (Å²) in [7, 11) is 1.61. The molecule has 1 aliphatic heterocycles. The lowest BCUT2D eigenvalue weighted by Crippen LogP contribution is -2.28. The number of hydrogen-bond donors (Lipinski definition) is 3. The van der Waals surface area contributed by atoms with Gasteiger partial charge in [-0.05, 0) is 32.0 Å². The Balaban J connectivity index is 2.03. The summed E-state index contributed by atoms with van der Waals surface area (Å²) < 4.78 is 5.14. The molecule has 98 valence electrons. The van der Waals surface area contributed by atoms with Gasteiger partial charge >= 0.3 is 0 Å². The van der Waals surface area contributed by atoms with Gasteiger partial charge in [-0.1, -0.05) is 6.07 Å². The molecule has 0 spiro atoms. The van der Waals surface area contributed by atoms with Gasteiger partial charge in [-0.3, -0.25) is 4.79 Å². The van der Waals surface area contributed by atoms with Gasteiger partial charge in [0, 0.05) is 17.3 Å². The Morgan fingerprint density at radius 3 is 3.00 bits per heavy atom. The minimum absolute atomic E-state index is 0.00833. The van der Waals surface area contributed by atoms with E-state index in [1.807, 2.05) is 18.2 Å². The third-order valence-corrected chi connectivity index (χ3v) is 3.07. The van der Waals surface area contributed by atoms with Gasteiger partial charge in [0.2, 0.25) is 5.91 Å². The molecule has 4 N–H and O–H groups in total. The first kappa shape index (κ1) is 12.9. The monoisotopic (exact) mass is 249 g/mol. The summed E-state index contributed by atoms with van der Waals surface area (Å²) in [6.45, 7) is 1.48. The minimum Gasteiger partial charge on any atom is -0.497 e. The van der Waals surface area contributed by atoms with Crippen LogP contribution in [0.25, 0.3) is 0 Å². The number of anilines is 1. The summed E-state index contributed by atoms with van der Waals surface area (Å²) in [5.41, 5.74) is 7.25. The Hall–Kier alpha value is -1.59. The van der Waals surface area contributed by atoms with Crippen LogP contribution in [0.15, 0.2) is 18.2 Å². The quantitative estimate of drug-likeness (QED) is 0.658. The average Bonchev–Trinajstić information content (AvgIpc) is 2.69. The van der Waals surface area contributed by atoms with Gasteiger partial charge in [0.1, 0.15) is 11.8 Å². The van der Waals surface area contributed by atoms with Gasteiger partial charge < -0.3 is 21.1 Å². The zero-order valence-corrected chi connectivity index (χ0v) is 10.5. The molecule has 0 bridgehead atoms. The molecule has 0 saturated heterocycles. The normalized spacial score (nSPS) is 17.4. The molecule has 0 aliphatic carbocycles. The number of amides is 1. The standard InChI is InChI=1S/C13H19N3O2/c1-18-9-4-5-10-11(8-9)16-13(17)12(10)15-7-3-2-6-14/h4-5,8,12,15H,2-3,6-7,14H2,1H3,(H,16,17). The van der Waals surface area contributed by atoms with Crippen LogP contribution in [-0.4, -0.2) is 26.1 Å². The molecule has 1 aliphatic rings. The van der Waals surface area contributed by atoms with Gasteiger partial charge in [-0.15, -0.1) is 0 Å². The van der Waals surface area contributed by atoms with Crippen molar-refractivity contribution in [1.29, 1.82) is 0 Å². The molecule has 0 aromatic heterocycles. The highest BCUT2D eigenvalue weighted by atomic mass is 16.5. The molecule has 2 rings (SSSR count). The lowest BCUT2D eigenvalue weighted by Gasteiger charge is -2.11. The van der Waals surface area contributed by atoms with E-state index < -0.39 is 0 Å². The number of carbonyl (C=O) groups excluding carboxylic acids is 1. The largest absolute Gasteiger partial charge is 0.497 e. The Labute approximate surface area is 107 Å². The number of methoxy groups -OCH3 is 1. The molecule has 1 atom stereocenters. The first-order valence-electron chi connectivity index (χ1n) is 6.18. The van der Waals surface area contributed by atoms with Crippen LogP contribution in [0.5, 0.6) is 5.75 Å². The summed E-state index contributed by atoms with van der Waals surface area (Å²) >= 11 is 0. The number of carbonyl (C=O) groups is 1. The molecule has 18 heavy (non-hydrogen) atoms. The van der Waals surface area contributed by atoms with Crippen LogP contribution in [0, 0.1) is 0 Å². The molecule has 5 nitrogen and oxygen atoms in total. The van der Waals surface area contributed by atoms with E-state index in [4.69, 9.17) is 10.5 Å². The fourth-order valence-corrected chi connectivity index (χ4v) is 2.09. The van der Waals surface area contributed by atoms with Gasteiger partial charge in [-0.25, -0.2) is 0 Å². The fraction of sp³-hybridized carbons (Fsp3) is 0.462. The number of nitrogens with one attached hydrogen (secondary N) is 2. The van der Waals surface area contributed by atoms with E-state index in [0.29, 0.717) is 6.54 Å². The molecule has 0 radical (unpaired) electrons. The lowest BCUT2D eigenvalue weighted by atomic mass is 10.1. The zero-order chi connectivity index (χ0) is 13.0. The summed E-state index contributed by atoms with van der Waals surface area (Å²) in [4.78, 5) is 11.9. The van der Waals surface area contributed by atoms with Gasteiger partial charge in [0.05, 0.1) is 7.11 Å². The lowest BCUT2D eigenvalue weighted by molar-refractivity contribution is -0.117. The molecule has 1 amide bonds. The van der Waals surface area contributed by atoms with E-state index >= 15 is 0 Å². The third kappa shape index (κ3) is 2.63. The molecule has 0 fully saturated rings. The van der Waals surface area contributed by atoms with E-state index in [1.54, 1.807) is 7.11 Å². The Bertz CT molecular complexity index is 434. The van der Waals surface area contributed by atoms with Crippen molar-refractivity contribution in [3.63, 3.8) is 0 Å². The van der Waals surface area contributed by atoms with Crippen LogP contribution < -0.4 is 21.1 Å². The Kier molecular flexibility index (Phi) is 4.17. The molecule has 5 heteroatoms. The van der Waals surface area contributed by atoms with Crippen molar-refractivity contribution in [1.82, 2.24) is 5.32 Å². The van der Waals surface area contributed by atoms with Crippen molar-refractivity contribution in [3.8, 4) is 5.75 Å². The van der Waals surface area contributed by atoms with Gasteiger partial charge in [0.15, 0.2) is 0 Å². The van der Waals surface area contributed by atoms with Crippen LogP contribution in [0.2, 0.25) is 0 Å². The van der Waals surface area contributed by atoms with Crippen molar-refractivity contribution in [2.75, 3.05) is 25.5 Å². The summed E-state index contributed by atoms with van der Waals surface area (Å²) in [6.07, 6.45) is 1.95. The average molecular weight is 249 g/mol. The highest BCUT2D eigenvalue weighted by Gasteiger charge is 2.29. The predicted molar refractivity (Wildman–Crippen MR) is 70.7 cm³/mol. The fourth-order valence-electron chi connectivity index (χ4n) is 2.09. The first-order chi connectivity index (χ1) is 8.76. The van der Waals surface area contributed by atoms with E-state index in [2.05, 4.69) is 10.6 Å². The maximum atomic E-state index is 11.9. The highest BCUT2D eigenvalue weighted by Crippen LogP contribution is 2.33. The first-order valence-corrected chi connectivity index (χ1v) is 6.18. The summed E-state index contributed by atoms with van der Waals surface area (Å²) in [5.74, 6) is 0.740. The van der Waals surface area contributed by atoms with Crippen LogP contribution in [0.4, 0.5) is 5.69 Å². The van der Waals surface area contributed by atoms with Crippen molar-refractivity contribution in [3.05, 3.63) is 23.8 Å². The maximum absolute atomic E-state index is 11.9. The van der Waals surface area contributed by atoms with Crippen molar-refractivity contribution >= 4 is 11.6 Å². The molecule has 1 aromatic carbocycles. The molecule has 1 aromatic rings. The number of nitrogens with two attached hydrogens (primary N) is 1. The molecule has 0 saturated carbocycles. The van der Waals surface area contributed by atoms with Crippen molar-refractivity contribution < 1.29 is 9.53 Å².